The molecule has 2 aliphatic heterocycles. The number of allylic oxidation sites excluding steroid dienone is 1. The van der Waals surface area contributed by atoms with E-state index in [1.165, 1.54) is 24.9 Å². The van der Waals surface area contributed by atoms with Crippen molar-refractivity contribution in [2.45, 2.75) is 0 Å². The van der Waals surface area contributed by atoms with Gasteiger partial charge in [-0.25, -0.2) is 15.0 Å². The molecule has 2 N–H and O–H groups in total. The Hall–Kier alpha value is -4.26. The standard InChI is InChI=1S/C16H9N5O5/c1-2-10(3-9-4-12(21(25)26)14(23)13(22)5-9)16(24)20-6-11-15(19-8-20)18-7-17-11/h1,3-8,22-23H/b10-3+. The van der Waals surface area contributed by atoms with E-state index in [-0.39, 0.29) is 11.1 Å². The minimum absolute atomic E-state index is 0.0658. The molecule has 2 heterocycles. The van der Waals surface area contributed by atoms with E-state index in [2.05, 4.69) is 20.9 Å². The van der Waals surface area contributed by atoms with Crippen LogP contribution in [-0.4, -0.2) is 40.6 Å². The van der Waals surface area contributed by atoms with Crippen LogP contribution in [0.3, 0.4) is 0 Å². The number of nitro benzene ring substituents is 1. The van der Waals surface area contributed by atoms with Crippen LogP contribution in [0.2, 0.25) is 0 Å². The van der Waals surface area contributed by atoms with Crippen molar-refractivity contribution in [1.82, 2.24) is 19.5 Å². The van der Waals surface area contributed by atoms with Gasteiger partial charge in [0.15, 0.2) is 11.6 Å². The Morgan fingerprint density at radius 2 is 2.08 bits per heavy atom. The third-order valence-corrected chi connectivity index (χ3v) is 3.39. The van der Waals surface area contributed by atoms with E-state index in [4.69, 9.17) is 6.42 Å². The third-order valence-electron chi connectivity index (χ3n) is 3.39. The molecule has 0 aliphatic carbocycles. The van der Waals surface area contributed by atoms with Gasteiger partial charge in [0, 0.05) is 12.3 Å². The topological polar surface area (TPSA) is 144 Å². The third kappa shape index (κ3) is 2.92. The van der Waals surface area contributed by atoms with Crippen molar-refractivity contribution in [2.24, 2.45) is 0 Å². The van der Waals surface area contributed by atoms with Gasteiger partial charge in [0.1, 0.15) is 18.3 Å². The summed E-state index contributed by atoms with van der Waals surface area (Å²) < 4.78 is 1.09. The van der Waals surface area contributed by atoms with Crippen LogP contribution < -0.4 is 0 Å². The van der Waals surface area contributed by atoms with Crippen molar-refractivity contribution >= 4 is 17.7 Å². The number of hydrogen-bond acceptors (Lipinski definition) is 8. The highest BCUT2D eigenvalue weighted by atomic mass is 16.6. The Labute approximate surface area is 145 Å². The molecule has 128 valence electrons. The second-order valence-corrected chi connectivity index (χ2v) is 5.04. The summed E-state index contributed by atoms with van der Waals surface area (Å²) in [5, 5.41) is 30.0. The zero-order valence-electron chi connectivity index (χ0n) is 12.9. The molecule has 3 rings (SSSR count). The lowest BCUT2D eigenvalue weighted by atomic mass is 10.1. The van der Waals surface area contributed by atoms with Gasteiger partial charge in [-0.2, -0.15) is 0 Å². The van der Waals surface area contributed by atoms with Crippen LogP contribution in [0.5, 0.6) is 11.5 Å². The lowest BCUT2D eigenvalue weighted by Crippen LogP contribution is -2.14. The van der Waals surface area contributed by atoms with E-state index in [0.717, 1.165) is 16.7 Å². The number of fused-ring (bicyclic) bond motifs is 1. The molecule has 0 saturated heterocycles. The summed E-state index contributed by atoms with van der Waals surface area (Å²) in [5.74, 6) is 0.322. The second-order valence-electron chi connectivity index (χ2n) is 5.04. The zero-order chi connectivity index (χ0) is 18.8. The summed E-state index contributed by atoms with van der Waals surface area (Å²) in [6.07, 6.45) is 10.4. The molecular weight excluding hydrogens is 342 g/mol. The first-order valence-corrected chi connectivity index (χ1v) is 6.98. The average molecular weight is 351 g/mol. The number of terminal acetylenes is 1. The Morgan fingerprint density at radius 1 is 1.31 bits per heavy atom. The molecule has 1 aromatic carbocycles. The van der Waals surface area contributed by atoms with Crippen LogP contribution in [0.4, 0.5) is 5.69 Å². The molecule has 0 unspecified atom stereocenters. The molecule has 0 amide bonds. The fourth-order valence-electron chi connectivity index (χ4n) is 2.17. The van der Waals surface area contributed by atoms with Crippen LogP contribution in [0.1, 0.15) is 10.4 Å². The molecule has 0 atom stereocenters. The van der Waals surface area contributed by atoms with Gasteiger partial charge >= 0.3 is 5.69 Å². The maximum absolute atomic E-state index is 12.5. The maximum Gasteiger partial charge on any atom is 0.315 e. The van der Waals surface area contributed by atoms with Crippen molar-refractivity contribution in [3.8, 4) is 35.4 Å². The summed E-state index contributed by atoms with van der Waals surface area (Å²) in [7, 11) is 0. The molecule has 26 heavy (non-hydrogen) atoms. The van der Waals surface area contributed by atoms with Gasteiger partial charge in [-0.1, -0.05) is 5.92 Å². The predicted octanol–water partition coefficient (Wildman–Crippen LogP) is 1.45. The van der Waals surface area contributed by atoms with Gasteiger partial charge in [-0.15, -0.1) is 6.42 Å². The number of imidazole rings is 1. The first kappa shape index (κ1) is 16.6. The first-order valence-electron chi connectivity index (χ1n) is 6.98. The summed E-state index contributed by atoms with van der Waals surface area (Å²) in [5.41, 5.74) is -0.427. The normalized spacial score (nSPS) is 11.3. The summed E-state index contributed by atoms with van der Waals surface area (Å²) in [6.45, 7) is 0. The number of phenols is 2. The molecule has 2 aliphatic rings. The SMILES string of the molecule is C#C/C(=C\c1cc(O)c(O)c([N+](=O)[O-])c1)C(=O)n1cnc2ncnc-2c1. The van der Waals surface area contributed by atoms with Gasteiger partial charge in [0.2, 0.25) is 5.75 Å². The van der Waals surface area contributed by atoms with Crippen molar-refractivity contribution in [2.75, 3.05) is 0 Å². The number of rotatable bonds is 3. The highest BCUT2D eigenvalue weighted by molar-refractivity contribution is 6.03. The molecule has 10 nitrogen and oxygen atoms in total. The summed E-state index contributed by atoms with van der Waals surface area (Å²) in [4.78, 5) is 34.3. The summed E-state index contributed by atoms with van der Waals surface area (Å²) in [6, 6.07) is 2.02. The second kappa shape index (κ2) is 6.33. The predicted molar refractivity (Wildman–Crippen MR) is 88.3 cm³/mol. The number of aromatic nitrogens is 4. The molecular formula is C16H9N5O5. The molecule has 0 spiro atoms. The van der Waals surface area contributed by atoms with Crippen LogP contribution in [0, 0.1) is 22.5 Å². The lowest BCUT2D eigenvalue weighted by Gasteiger charge is -2.06. The highest BCUT2D eigenvalue weighted by Crippen LogP contribution is 2.36. The fourth-order valence-corrected chi connectivity index (χ4v) is 2.17. The van der Waals surface area contributed by atoms with Crippen molar-refractivity contribution in [3.63, 3.8) is 0 Å². The number of carbonyl (C=O) groups excluding carboxylic acids is 1. The minimum Gasteiger partial charge on any atom is -0.504 e. The monoisotopic (exact) mass is 351 g/mol. The minimum atomic E-state index is -0.875. The van der Waals surface area contributed by atoms with Gasteiger partial charge in [-0.05, 0) is 17.7 Å². The van der Waals surface area contributed by atoms with Crippen LogP contribution in [-0.2, 0) is 0 Å². The Kier molecular flexibility index (Phi) is 4.04. The highest BCUT2D eigenvalue weighted by Gasteiger charge is 2.19. The quantitative estimate of drug-likeness (QED) is 0.237. The van der Waals surface area contributed by atoms with Crippen molar-refractivity contribution < 1.29 is 19.9 Å². The number of phenolic OH excluding ortho intramolecular Hbond substituents is 2. The number of nitro groups is 1. The number of hydrogen-bond donors (Lipinski definition) is 2. The Morgan fingerprint density at radius 3 is 2.77 bits per heavy atom. The molecule has 10 heteroatoms. The molecule has 0 bridgehead atoms. The molecule has 0 fully saturated rings. The summed E-state index contributed by atoms with van der Waals surface area (Å²) >= 11 is 0. The van der Waals surface area contributed by atoms with E-state index in [9.17, 15) is 25.1 Å². The van der Waals surface area contributed by atoms with Crippen LogP contribution in [0.25, 0.3) is 17.6 Å². The van der Waals surface area contributed by atoms with E-state index in [1.54, 1.807) is 0 Å². The van der Waals surface area contributed by atoms with Gasteiger partial charge < -0.3 is 10.2 Å². The number of benzene rings is 1. The first-order chi connectivity index (χ1) is 12.4. The van der Waals surface area contributed by atoms with Crippen LogP contribution >= 0.6 is 0 Å². The fraction of sp³-hybridized carbons (Fsp3) is 0. The number of nitrogens with zero attached hydrogens (tertiary/aromatic N) is 5. The van der Waals surface area contributed by atoms with E-state index in [0.29, 0.717) is 11.5 Å². The number of aromatic hydroxyl groups is 2. The largest absolute Gasteiger partial charge is 0.504 e. The van der Waals surface area contributed by atoms with Gasteiger partial charge in [0.05, 0.1) is 10.5 Å². The smallest absolute Gasteiger partial charge is 0.315 e. The average Bonchev–Trinajstić information content (AvgIpc) is 3.09. The van der Waals surface area contributed by atoms with Crippen molar-refractivity contribution in [3.05, 3.63) is 52.2 Å². The Balaban J connectivity index is 2.03. The Bertz CT molecular complexity index is 1080. The zero-order valence-corrected chi connectivity index (χ0v) is 12.9. The van der Waals surface area contributed by atoms with E-state index in [1.807, 2.05) is 0 Å². The van der Waals surface area contributed by atoms with Crippen LogP contribution in [0.15, 0.2) is 36.6 Å². The molecule has 0 radical (unpaired) electrons. The van der Waals surface area contributed by atoms with Gasteiger partial charge in [-0.3, -0.25) is 19.5 Å². The maximum atomic E-state index is 12.5. The number of carbonyl (C=O) groups is 1. The van der Waals surface area contributed by atoms with Gasteiger partial charge in [0.25, 0.3) is 5.91 Å². The van der Waals surface area contributed by atoms with E-state index < -0.39 is 28.0 Å². The van der Waals surface area contributed by atoms with E-state index >= 15 is 0 Å². The van der Waals surface area contributed by atoms with Crippen molar-refractivity contribution in [1.29, 1.82) is 0 Å². The molecule has 1 aromatic rings. The molecule has 0 aromatic heterocycles. The molecule has 0 saturated carbocycles. The lowest BCUT2D eigenvalue weighted by molar-refractivity contribution is -0.386.